The molecule has 1 aromatic rings. The van der Waals surface area contributed by atoms with Gasteiger partial charge >= 0.3 is 0 Å². The summed E-state index contributed by atoms with van der Waals surface area (Å²) in [4.78, 5) is 12.2. The zero-order valence-electron chi connectivity index (χ0n) is 11.7. The third-order valence-corrected chi connectivity index (χ3v) is 3.76. The zero-order chi connectivity index (χ0) is 14.4. The van der Waals surface area contributed by atoms with Gasteiger partial charge in [0.2, 0.25) is 0 Å². The van der Waals surface area contributed by atoms with Gasteiger partial charge in [0, 0.05) is 6.04 Å². The molecule has 5 heteroatoms. The number of carbonyl (C=O) groups excluding carboxylic acids is 1. The number of Topliss-reactive ketones (excluding diaryl/α,β-unsaturated/α-hetero) is 1. The zero-order valence-corrected chi connectivity index (χ0v) is 13.3. The number of ketones is 1. The predicted molar refractivity (Wildman–Crippen MR) is 79.3 cm³/mol. The largest absolute Gasteiger partial charge is 0.495 e. The maximum absolute atomic E-state index is 12.2. The topological polar surface area (TPSA) is 47.6 Å². The van der Waals surface area contributed by atoms with E-state index in [0.717, 1.165) is 6.42 Å². The number of hydrogen-bond donors (Lipinski definition) is 1. The third-order valence-electron chi connectivity index (χ3n) is 3.01. The second-order valence-corrected chi connectivity index (χ2v) is 5.07. The van der Waals surface area contributed by atoms with Crippen LogP contribution >= 0.6 is 15.9 Å². The Morgan fingerprint density at radius 2 is 2.05 bits per heavy atom. The van der Waals surface area contributed by atoms with Crippen LogP contribution in [0.25, 0.3) is 0 Å². The average Bonchev–Trinajstić information content (AvgIpc) is 2.43. The lowest BCUT2D eigenvalue weighted by Gasteiger charge is -2.14. The fourth-order valence-electron chi connectivity index (χ4n) is 1.62. The minimum Gasteiger partial charge on any atom is -0.495 e. The fraction of sp³-hybridized carbons (Fsp3) is 0.500. The SMILES string of the molecule is CCC(C)NCC(=O)c1ccc(OC)c(Br)c1OC. The van der Waals surface area contributed by atoms with Gasteiger partial charge in [-0.15, -0.1) is 0 Å². The summed E-state index contributed by atoms with van der Waals surface area (Å²) in [5.74, 6) is 1.15. The molecule has 19 heavy (non-hydrogen) atoms. The molecule has 1 unspecified atom stereocenters. The van der Waals surface area contributed by atoms with Crippen molar-refractivity contribution in [2.75, 3.05) is 20.8 Å². The molecule has 1 aromatic carbocycles. The third kappa shape index (κ3) is 3.94. The van der Waals surface area contributed by atoms with Crippen molar-refractivity contribution in [3.05, 3.63) is 22.2 Å². The number of nitrogens with one attached hydrogen (secondary N) is 1. The molecule has 0 spiro atoms. The van der Waals surface area contributed by atoms with Gasteiger partial charge in [-0.2, -0.15) is 0 Å². The number of benzene rings is 1. The molecule has 0 aromatic heterocycles. The monoisotopic (exact) mass is 329 g/mol. The highest BCUT2D eigenvalue weighted by molar-refractivity contribution is 9.10. The smallest absolute Gasteiger partial charge is 0.180 e. The van der Waals surface area contributed by atoms with Crippen LogP contribution in [0.2, 0.25) is 0 Å². The van der Waals surface area contributed by atoms with Crippen molar-refractivity contribution in [2.45, 2.75) is 26.3 Å². The van der Waals surface area contributed by atoms with Crippen LogP contribution in [0.1, 0.15) is 30.6 Å². The Kier molecular flexibility index (Phi) is 6.31. The highest BCUT2D eigenvalue weighted by Gasteiger charge is 2.18. The van der Waals surface area contributed by atoms with Crippen molar-refractivity contribution in [1.29, 1.82) is 0 Å². The van der Waals surface area contributed by atoms with E-state index in [1.54, 1.807) is 26.4 Å². The molecule has 0 fully saturated rings. The van der Waals surface area contributed by atoms with E-state index in [-0.39, 0.29) is 5.78 Å². The second kappa shape index (κ2) is 7.50. The standard InChI is InChI=1S/C14H20BrNO3/c1-5-9(2)16-8-11(17)10-6-7-12(18-3)13(15)14(10)19-4/h6-7,9,16H,5,8H2,1-4H3. The number of rotatable bonds is 7. The van der Waals surface area contributed by atoms with Crippen molar-refractivity contribution in [1.82, 2.24) is 5.32 Å². The Hall–Kier alpha value is -1.07. The fourth-order valence-corrected chi connectivity index (χ4v) is 2.29. The van der Waals surface area contributed by atoms with E-state index in [1.165, 1.54) is 0 Å². The summed E-state index contributed by atoms with van der Waals surface area (Å²) in [6.45, 7) is 4.42. The molecule has 0 aliphatic heterocycles. The maximum atomic E-state index is 12.2. The van der Waals surface area contributed by atoms with E-state index in [0.29, 0.717) is 34.1 Å². The van der Waals surface area contributed by atoms with Gasteiger partial charge in [-0.1, -0.05) is 6.92 Å². The molecule has 0 heterocycles. The Morgan fingerprint density at radius 3 is 2.58 bits per heavy atom. The highest BCUT2D eigenvalue weighted by Crippen LogP contribution is 2.37. The van der Waals surface area contributed by atoms with E-state index in [4.69, 9.17) is 9.47 Å². The van der Waals surface area contributed by atoms with Gasteiger partial charge in [0.1, 0.15) is 16.0 Å². The summed E-state index contributed by atoms with van der Waals surface area (Å²) in [5, 5.41) is 3.18. The molecular weight excluding hydrogens is 310 g/mol. The van der Waals surface area contributed by atoms with Gasteiger partial charge in [-0.3, -0.25) is 4.79 Å². The first kappa shape index (κ1) is 16.0. The molecule has 0 saturated heterocycles. The lowest BCUT2D eigenvalue weighted by atomic mass is 10.1. The number of ether oxygens (including phenoxy) is 2. The molecule has 0 saturated carbocycles. The van der Waals surface area contributed by atoms with Gasteiger partial charge in [-0.25, -0.2) is 0 Å². The van der Waals surface area contributed by atoms with Crippen LogP contribution in [0.5, 0.6) is 11.5 Å². The van der Waals surface area contributed by atoms with Crippen molar-refractivity contribution >= 4 is 21.7 Å². The summed E-state index contributed by atoms with van der Waals surface area (Å²) in [6.07, 6.45) is 0.983. The summed E-state index contributed by atoms with van der Waals surface area (Å²) >= 11 is 3.39. The molecular formula is C14H20BrNO3. The summed E-state index contributed by atoms with van der Waals surface area (Å²) in [7, 11) is 3.12. The predicted octanol–water partition coefficient (Wildman–Crippen LogP) is 3.04. The van der Waals surface area contributed by atoms with Crippen LogP contribution in [0.3, 0.4) is 0 Å². The lowest BCUT2D eigenvalue weighted by molar-refractivity contribution is 0.0984. The molecule has 1 atom stereocenters. The van der Waals surface area contributed by atoms with Crippen LogP contribution in [-0.2, 0) is 0 Å². The van der Waals surface area contributed by atoms with Crippen LogP contribution in [-0.4, -0.2) is 32.6 Å². The van der Waals surface area contributed by atoms with Gasteiger partial charge in [0.05, 0.1) is 26.3 Å². The lowest BCUT2D eigenvalue weighted by Crippen LogP contribution is -2.31. The quantitative estimate of drug-likeness (QED) is 0.781. The molecule has 0 radical (unpaired) electrons. The first-order valence-electron chi connectivity index (χ1n) is 6.22. The Morgan fingerprint density at radius 1 is 1.37 bits per heavy atom. The number of halogens is 1. The summed E-state index contributed by atoms with van der Waals surface area (Å²) in [6, 6.07) is 3.79. The van der Waals surface area contributed by atoms with Crippen LogP contribution in [0, 0.1) is 0 Å². The minimum absolute atomic E-state index is 0.000466. The van der Waals surface area contributed by atoms with Gasteiger partial charge in [-0.05, 0) is 41.4 Å². The molecule has 0 bridgehead atoms. The van der Waals surface area contributed by atoms with E-state index >= 15 is 0 Å². The van der Waals surface area contributed by atoms with Crippen molar-refractivity contribution < 1.29 is 14.3 Å². The van der Waals surface area contributed by atoms with Gasteiger partial charge in [0.25, 0.3) is 0 Å². The number of hydrogen-bond acceptors (Lipinski definition) is 4. The molecule has 1 rings (SSSR count). The first-order chi connectivity index (χ1) is 9.04. The molecule has 0 aliphatic rings. The molecule has 106 valence electrons. The second-order valence-electron chi connectivity index (χ2n) is 4.28. The van der Waals surface area contributed by atoms with Gasteiger partial charge < -0.3 is 14.8 Å². The van der Waals surface area contributed by atoms with E-state index < -0.39 is 0 Å². The van der Waals surface area contributed by atoms with E-state index in [2.05, 4.69) is 35.1 Å². The van der Waals surface area contributed by atoms with Crippen LogP contribution in [0.15, 0.2) is 16.6 Å². The first-order valence-corrected chi connectivity index (χ1v) is 7.01. The van der Waals surface area contributed by atoms with E-state index in [1.807, 2.05) is 0 Å². The molecule has 4 nitrogen and oxygen atoms in total. The van der Waals surface area contributed by atoms with Crippen molar-refractivity contribution in [3.8, 4) is 11.5 Å². The number of methoxy groups -OCH3 is 2. The maximum Gasteiger partial charge on any atom is 0.180 e. The molecule has 0 aliphatic carbocycles. The van der Waals surface area contributed by atoms with Crippen molar-refractivity contribution in [2.24, 2.45) is 0 Å². The summed E-state index contributed by atoms with van der Waals surface area (Å²) < 4.78 is 11.1. The van der Waals surface area contributed by atoms with Crippen LogP contribution < -0.4 is 14.8 Å². The summed E-state index contributed by atoms with van der Waals surface area (Å²) in [5.41, 5.74) is 0.547. The number of carbonyl (C=O) groups is 1. The van der Waals surface area contributed by atoms with Crippen molar-refractivity contribution in [3.63, 3.8) is 0 Å². The highest BCUT2D eigenvalue weighted by atomic mass is 79.9. The van der Waals surface area contributed by atoms with Crippen LogP contribution in [0.4, 0.5) is 0 Å². The minimum atomic E-state index is 0.000466. The van der Waals surface area contributed by atoms with E-state index in [9.17, 15) is 4.79 Å². The van der Waals surface area contributed by atoms with Gasteiger partial charge in [0.15, 0.2) is 5.78 Å². The Bertz CT molecular complexity index is 449. The molecule has 0 amide bonds. The normalized spacial score (nSPS) is 12.1. The Labute approximate surface area is 122 Å². The Balaban J connectivity index is 2.94. The molecule has 1 N–H and O–H groups in total. The average molecular weight is 330 g/mol.